The molecule has 0 radical (unpaired) electrons. The number of rotatable bonds is 8. The number of nitrogens with zero attached hydrogens (tertiary/aromatic N) is 1. The average molecular weight is 389 g/mol. The zero-order valence-corrected chi connectivity index (χ0v) is 16.6. The molecule has 5 nitrogen and oxygen atoms in total. The lowest BCUT2D eigenvalue weighted by atomic mass is 10.1. The first kappa shape index (κ1) is 20.3. The molecule has 1 aromatic heterocycles. The van der Waals surface area contributed by atoms with Crippen molar-refractivity contribution in [3.63, 3.8) is 0 Å². The van der Waals surface area contributed by atoms with Gasteiger partial charge in [-0.25, -0.2) is 4.79 Å². The molecule has 0 unspecified atom stereocenters. The summed E-state index contributed by atoms with van der Waals surface area (Å²) in [7, 11) is 0. The SMILES string of the molecule is Cc1cc(C(=O)COC(=O)c2ccc(C=O)cc2)c(C)n1CCc1ccccc1. The van der Waals surface area contributed by atoms with Crippen LogP contribution in [0.5, 0.6) is 0 Å². The number of ether oxygens (including phenoxy) is 1. The van der Waals surface area contributed by atoms with Crippen LogP contribution >= 0.6 is 0 Å². The van der Waals surface area contributed by atoms with Crippen LogP contribution in [0.3, 0.4) is 0 Å². The Bertz CT molecular complexity index is 1020. The van der Waals surface area contributed by atoms with Crippen LogP contribution in [0, 0.1) is 13.8 Å². The summed E-state index contributed by atoms with van der Waals surface area (Å²) in [6.45, 7) is 4.33. The van der Waals surface area contributed by atoms with Gasteiger partial charge < -0.3 is 9.30 Å². The molecule has 29 heavy (non-hydrogen) atoms. The molecule has 0 aliphatic heterocycles. The summed E-state index contributed by atoms with van der Waals surface area (Å²) in [6, 6.07) is 18.1. The van der Waals surface area contributed by atoms with E-state index in [1.54, 1.807) is 0 Å². The summed E-state index contributed by atoms with van der Waals surface area (Å²) in [5.74, 6) is -0.824. The summed E-state index contributed by atoms with van der Waals surface area (Å²) in [5.41, 5.74) is 4.45. The second kappa shape index (κ2) is 9.15. The van der Waals surface area contributed by atoms with Gasteiger partial charge in [-0.1, -0.05) is 42.5 Å². The quantitative estimate of drug-likeness (QED) is 0.329. The highest BCUT2D eigenvalue weighted by Crippen LogP contribution is 2.17. The molecular weight excluding hydrogens is 366 g/mol. The van der Waals surface area contributed by atoms with Gasteiger partial charge in [0.1, 0.15) is 6.29 Å². The van der Waals surface area contributed by atoms with Crippen LogP contribution in [0.1, 0.15) is 48.0 Å². The molecule has 0 amide bonds. The lowest BCUT2D eigenvalue weighted by molar-refractivity contribution is 0.0474. The molecule has 0 N–H and O–H groups in total. The highest BCUT2D eigenvalue weighted by Gasteiger charge is 2.18. The Labute approximate surface area is 169 Å². The monoisotopic (exact) mass is 389 g/mol. The predicted molar refractivity (Wildman–Crippen MR) is 110 cm³/mol. The normalized spacial score (nSPS) is 10.6. The molecule has 148 valence electrons. The number of ketones is 1. The van der Waals surface area contributed by atoms with Crippen molar-refractivity contribution in [3.8, 4) is 0 Å². The molecular formula is C24H23NO4. The lowest BCUT2D eigenvalue weighted by Crippen LogP contribution is -2.15. The Balaban J connectivity index is 1.63. The fourth-order valence-electron chi connectivity index (χ4n) is 3.30. The highest BCUT2D eigenvalue weighted by atomic mass is 16.5. The zero-order chi connectivity index (χ0) is 20.8. The van der Waals surface area contributed by atoms with E-state index in [1.807, 2.05) is 38.1 Å². The minimum Gasteiger partial charge on any atom is -0.454 e. The van der Waals surface area contributed by atoms with Gasteiger partial charge in [0, 0.05) is 29.1 Å². The minimum atomic E-state index is -0.589. The van der Waals surface area contributed by atoms with Gasteiger partial charge in [0.2, 0.25) is 5.78 Å². The fraction of sp³-hybridized carbons (Fsp3) is 0.208. The van der Waals surface area contributed by atoms with Crippen molar-refractivity contribution < 1.29 is 19.1 Å². The number of aryl methyl sites for hydroxylation is 2. The van der Waals surface area contributed by atoms with Crippen molar-refractivity contribution in [1.29, 1.82) is 0 Å². The Morgan fingerprint density at radius 1 is 1.00 bits per heavy atom. The van der Waals surface area contributed by atoms with E-state index >= 15 is 0 Å². The molecule has 0 saturated carbocycles. The highest BCUT2D eigenvalue weighted by molar-refractivity contribution is 6.00. The van der Waals surface area contributed by atoms with Crippen molar-refractivity contribution >= 4 is 18.0 Å². The summed E-state index contributed by atoms with van der Waals surface area (Å²) < 4.78 is 7.28. The Morgan fingerprint density at radius 2 is 1.69 bits per heavy atom. The van der Waals surface area contributed by atoms with Crippen molar-refractivity contribution in [1.82, 2.24) is 4.57 Å². The van der Waals surface area contributed by atoms with Gasteiger partial charge in [0.15, 0.2) is 6.61 Å². The Kier molecular flexibility index (Phi) is 6.39. The van der Waals surface area contributed by atoms with Crippen molar-refractivity contribution in [3.05, 3.63) is 94.3 Å². The molecule has 5 heteroatoms. The first-order valence-electron chi connectivity index (χ1n) is 9.46. The van der Waals surface area contributed by atoms with E-state index in [9.17, 15) is 14.4 Å². The van der Waals surface area contributed by atoms with E-state index in [0.29, 0.717) is 23.0 Å². The number of hydrogen-bond acceptors (Lipinski definition) is 4. The molecule has 1 heterocycles. The maximum atomic E-state index is 12.6. The molecule has 0 spiro atoms. The summed E-state index contributed by atoms with van der Waals surface area (Å²) in [6.07, 6.45) is 1.57. The van der Waals surface area contributed by atoms with Gasteiger partial charge in [-0.2, -0.15) is 0 Å². The van der Waals surface area contributed by atoms with Crippen LogP contribution < -0.4 is 0 Å². The fourth-order valence-corrected chi connectivity index (χ4v) is 3.30. The third kappa shape index (κ3) is 4.88. The minimum absolute atomic E-state index is 0.234. The average Bonchev–Trinajstić information content (AvgIpc) is 3.04. The number of aldehydes is 1. The van der Waals surface area contributed by atoms with Crippen LogP contribution in [0.15, 0.2) is 60.7 Å². The molecule has 0 aliphatic rings. The van der Waals surface area contributed by atoms with Crippen molar-refractivity contribution in [2.45, 2.75) is 26.8 Å². The Hall–Kier alpha value is -3.47. The van der Waals surface area contributed by atoms with Gasteiger partial charge in [-0.3, -0.25) is 9.59 Å². The van der Waals surface area contributed by atoms with Crippen LogP contribution in [-0.2, 0) is 17.7 Å². The standard InChI is InChI=1S/C24H23NO4/c1-17-14-22(18(2)25(17)13-12-19-6-4-3-5-7-19)23(27)16-29-24(28)21-10-8-20(15-26)9-11-21/h3-11,14-15H,12-13,16H2,1-2H3. The topological polar surface area (TPSA) is 65.4 Å². The number of carbonyl (C=O) groups excluding carboxylic acids is 3. The maximum Gasteiger partial charge on any atom is 0.338 e. The van der Waals surface area contributed by atoms with Gasteiger partial charge in [-0.05, 0) is 44.0 Å². The molecule has 0 atom stereocenters. The number of esters is 1. The van der Waals surface area contributed by atoms with Gasteiger partial charge in [0.05, 0.1) is 5.56 Å². The van der Waals surface area contributed by atoms with E-state index < -0.39 is 5.97 Å². The molecule has 3 rings (SSSR count). The summed E-state index contributed by atoms with van der Waals surface area (Å²) in [4.78, 5) is 35.4. The largest absolute Gasteiger partial charge is 0.454 e. The Morgan fingerprint density at radius 3 is 2.34 bits per heavy atom. The molecule has 0 aliphatic carbocycles. The molecule has 2 aromatic carbocycles. The van der Waals surface area contributed by atoms with Gasteiger partial charge >= 0.3 is 5.97 Å². The van der Waals surface area contributed by atoms with E-state index in [1.165, 1.54) is 29.8 Å². The first-order valence-corrected chi connectivity index (χ1v) is 9.46. The maximum absolute atomic E-state index is 12.6. The number of hydrogen-bond donors (Lipinski definition) is 0. The van der Waals surface area contributed by atoms with E-state index in [4.69, 9.17) is 4.74 Å². The second-order valence-electron chi connectivity index (χ2n) is 6.91. The smallest absolute Gasteiger partial charge is 0.338 e. The van der Waals surface area contributed by atoms with Crippen LogP contribution in [0.25, 0.3) is 0 Å². The van der Waals surface area contributed by atoms with Crippen molar-refractivity contribution in [2.75, 3.05) is 6.61 Å². The van der Waals surface area contributed by atoms with E-state index in [2.05, 4.69) is 16.7 Å². The number of benzene rings is 2. The van der Waals surface area contributed by atoms with Crippen LogP contribution in [0.4, 0.5) is 0 Å². The number of carbonyl (C=O) groups is 3. The third-order valence-corrected chi connectivity index (χ3v) is 4.96. The second-order valence-corrected chi connectivity index (χ2v) is 6.91. The number of aromatic nitrogens is 1. The van der Waals surface area contributed by atoms with Gasteiger partial charge in [-0.15, -0.1) is 0 Å². The molecule has 0 fully saturated rings. The molecule has 3 aromatic rings. The summed E-state index contributed by atoms with van der Waals surface area (Å²) in [5, 5.41) is 0. The third-order valence-electron chi connectivity index (χ3n) is 4.96. The lowest BCUT2D eigenvalue weighted by Gasteiger charge is -2.10. The van der Waals surface area contributed by atoms with E-state index in [0.717, 1.165) is 24.4 Å². The van der Waals surface area contributed by atoms with E-state index in [-0.39, 0.29) is 12.4 Å². The number of Topliss-reactive ketones (excluding diaryl/α,β-unsaturated/α-hetero) is 1. The first-order chi connectivity index (χ1) is 14.0. The van der Waals surface area contributed by atoms with Crippen LogP contribution in [-0.4, -0.2) is 29.2 Å². The van der Waals surface area contributed by atoms with Gasteiger partial charge in [0.25, 0.3) is 0 Å². The van der Waals surface area contributed by atoms with Crippen molar-refractivity contribution in [2.24, 2.45) is 0 Å². The molecule has 0 bridgehead atoms. The predicted octanol–water partition coefficient (Wildman–Crippen LogP) is 4.20. The zero-order valence-electron chi connectivity index (χ0n) is 16.6. The molecule has 0 saturated heterocycles. The van der Waals surface area contributed by atoms with Crippen LogP contribution in [0.2, 0.25) is 0 Å². The summed E-state index contributed by atoms with van der Waals surface area (Å²) >= 11 is 0.